The van der Waals surface area contributed by atoms with Gasteiger partial charge in [0.15, 0.2) is 0 Å². The number of benzene rings is 1. The molecule has 2 aliphatic carbocycles. The lowest BCUT2D eigenvalue weighted by Gasteiger charge is -2.41. The summed E-state index contributed by atoms with van der Waals surface area (Å²) < 4.78 is 5.23. The van der Waals surface area contributed by atoms with Crippen molar-refractivity contribution in [2.45, 2.75) is 25.3 Å². The highest BCUT2D eigenvalue weighted by Crippen LogP contribution is 2.45. The lowest BCUT2D eigenvalue weighted by atomic mass is 9.91. The van der Waals surface area contributed by atoms with Gasteiger partial charge in [-0.2, -0.15) is 0 Å². The second-order valence-electron chi connectivity index (χ2n) is 6.96. The fraction of sp³-hybridized carbons (Fsp3) is 0.611. The summed E-state index contributed by atoms with van der Waals surface area (Å²) >= 11 is 0. The summed E-state index contributed by atoms with van der Waals surface area (Å²) in [6.07, 6.45) is 3.74. The van der Waals surface area contributed by atoms with E-state index in [1.54, 1.807) is 7.11 Å². The molecule has 23 heavy (non-hydrogen) atoms. The maximum Gasteiger partial charge on any atom is 0.119 e. The number of oxime groups is 1. The highest BCUT2D eigenvalue weighted by atomic mass is 16.5. The van der Waals surface area contributed by atoms with E-state index in [-0.39, 0.29) is 0 Å². The van der Waals surface area contributed by atoms with E-state index in [4.69, 9.17) is 4.74 Å². The Morgan fingerprint density at radius 3 is 2.48 bits per heavy atom. The van der Waals surface area contributed by atoms with Gasteiger partial charge in [0.1, 0.15) is 5.75 Å². The first kappa shape index (κ1) is 14.8. The van der Waals surface area contributed by atoms with E-state index in [0.29, 0.717) is 17.9 Å². The molecule has 1 saturated heterocycles. The highest BCUT2D eigenvalue weighted by molar-refractivity contribution is 5.94. The molecule has 0 amide bonds. The molecule has 2 saturated carbocycles. The molecule has 0 spiro atoms. The molecule has 1 aliphatic heterocycles. The molecule has 5 nitrogen and oxygen atoms in total. The fourth-order valence-corrected chi connectivity index (χ4v) is 4.73. The molecule has 3 aliphatic rings. The molecule has 124 valence electrons. The number of fused-ring (bicyclic) bond motifs is 2. The number of rotatable bonds is 3. The van der Waals surface area contributed by atoms with Crippen LogP contribution in [0.25, 0.3) is 0 Å². The van der Waals surface area contributed by atoms with Crippen molar-refractivity contribution >= 4 is 11.4 Å². The van der Waals surface area contributed by atoms with E-state index < -0.39 is 0 Å². The first-order valence-electron chi connectivity index (χ1n) is 8.65. The van der Waals surface area contributed by atoms with Gasteiger partial charge in [0.25, 0.3) is 0 Å². The Bertz CT molecular complexity index is 578. The average Bonchev–Trinajstić information content (AvgIpc) is 3.23. The first-order chi connectivity index (χ1) is 11.3. The molecule has 1 aromatic carbocycles. The van der Waals surface area contributed by atoms with Crippen molar-refractivity contribution in [3.8, 4) is 5.75 Å². The monoisotopic (exact) mass is 315 g/mol. The molecule has 3 fully saturated rings. The summed E-state index contributed by atoms with van der Waals surface area (Å²) in [6, 6.07) is 8.69. The second-order valence-corrected chi connectivity index (χ2v) is 6.96. The molecular weight excluding hydrogens is 290 g/mol. The number of hydrogen-bond acceptors (Lipinski definition) is 5. The van der Waals surface area contributed by atoms with Crippen LogP contribution in [-0.2, 0) is 0 Å². The maximum atomic E-state index is 9.41. The lowest BCUT2D eigenvalue weighted by molar-refractivity contribution is 0.181. The van der Waals surface area contributed by atoms with Crippen LogP contribution < -0.4 is 9.64 Å². The van der Waals surface area contributed by atoms with Gasteiger partial charge in [0, 0.05) is 37.8 Å². The van der Waals surface area contributed by atoms with Gasteiger partial charge in [-0.15, -0.1) is 0 Å². The number of methoxy groups -OCH3 is 1. The lowest BCUT2D eigenvalue weighted by Crippen LogP contribution is -2.54. The van der Waals surface area contributed by atoms with Crippen LogP contribution in [0.3, 0.4) is 0 Å². The van der Waals surface area contributed by atoms with E-state index in [9.17, 15) is 5.21 Å². The van der Waals surface area contributed by atoms with Crippen molar-refractivity contribution in [2.24, 2.45) is 17.0 Å². The number of hydrogen-bond donors (Lipinski definition) is 1. The highest BCUT2D eigenvalue weighted by Gasteiger charge is 2.48. The Morgan fingerprint density at radius 2 is 1.83 bits per heavy atom. The molecule has 3 atom stereocenters. The minimum absolute atomic E-state index is 0.386. The van der Waals surface area contributed by atoms with E-state index in [1.165, 1.54) is 24.9 Å². The van der Waals surface area contributed by atoms with Crippen molar-refractivity contribution < 1.29 is 9.94 Å². The Morgan fingerprint density at radius 1 is 1.09 bits per heavy atom. The van der Waals surface area contributed by atoms with Gasteiger partial charge >= 0.3 is 0 Å². The zero-order chi connectivity index (χ0) is 15.8. The smallest absolute Gasteiger partial charge is 0.119 e. The number of nitrogens with zero attached hydrogens (tertiary/aromatic N) is 3. The molecule has 2 bridgehead atoms. The van der Waals surface area contributed by atoms with Crippen molar-refractivity contribution in [1.29, 1.82) is 0 Å². The first-order valence-corrected chi connectivity index (χ1v) is 8.65. The summed E-state index contributed by atoms with van der Waals surface area (Å²) in [7, 11) is 1.70. The number of piperazine rings is 1. The van der Waals surface area contributed by atoms with Crippen LogP contribution in [0.5, 0.6) is 5.75 Å². The fourth-order valence-electron chi connectivity index (χ4n) is 4.73. The van der Waals surface area contributed by atoms with E-state index in [1.807, 2.05) is 12.1 Å². The predicted octanol–water partition coefficient (Wildman–Crippen LogP) is 2.45. The quantitative estimate of drug-likeness (QED) is 0.687. The van der Waals surface area contributed by atoms with Gasteiger partial charge in [-0.05, 0) is 49.4 Å². The van der Waals surface area contributed by atoms with E-state index in [2.05, 4.69) is 27.1 Å². The molecule has 1 aromatic rings. The Hall–Kier alpha value is -1.75. The predicted molar refractivity (Wildman–Crippen MR) is 90.6 cm³/mol. The van der Waals surface area contributed by atoms with Gasteiger partial charge in [-0.1, -0.05) is 5.16 Å². The van der Waals surface area contributed by atoms with Gasteiger partial charge in [-0.25, -0.2) is 0 Å². The van der Waals surface area contributed by atoms with E-state index in [0.717, 1.165) is 37.6 Å². The van der Waals surface area contributed by atoms with Crippen LogP contribution >= 0.6 is 0 Å². The Balaban J connectivity index is 1.41. The van der Waals surface area contributed by atoms with Gasteiger partial charge in [-0.3, -0.25) is 4.90 Å². The molecular formula is C18H25N3O2. The van der Waals surface area contributed by atoms with Crippen LogP contribution in [0.15, 0.2) is 29.4 Å². The zero-order valence-corrected chi connectivity index (χ0v) is 13.7. The standard InChI is InChI=1S/C18H25N3O2/c1-23-16-6-4-15(5-7-16)20-8-10-21(11-9-20)18-14-3-2-13(12-14)17(18)19-22/h4-7,13-14,18,22H,2-3,8-12H2,1H3/b19-17-/t13-,14+,18-/m0/s1. The summed E-state index contributed by atoms with van der Waals surface area (Å²) in [5.74, 6) is 2.14. The number of ether oxygens (including phenoxy) is 1. The summed E-state index contributed by atoms with van der Waals surface area (Å²) in [5.41, 5.74) is 2.31. The van der Waals surface area contributed by atoms with Gasteiger partial charge < -0.3 is 14.8 Å². The van der Waals surface area contributed by atoms with Gasteiger partial charge in [0.2, 0.25) is 0 Å². The van der Waals surface area contributed by atoms with Crippen molar-refractivity contribution in [1.82, 2.24) is 4.90 Å². The van der Waals surface area contributed by atoms with Crippen molar-refractivity contribution in [2.75, 3.05) is 38.2 Å². The van der Waals surface area contributed by atoms with Crippen molar-refractivity contribution in [3.63, 3.8) is 0 Å². The van der Waals surface area contributed by atoms with Crippen LogP contribution in [0.4, 0.5) is 5.69 Å². The molecule has 0 unspecified atom stereocenters. The largest absolute Gasteiger partial charge is 0.497 e. The zero-order valence-electron chi connectivity index (χ0n) is 13.7. The van der Waals surface area contributed by atoms with Crippen LogP contribution in [-0.4, -0.2) is 55.1 Å². The Kier molecular flexibility index (Phi) is 3.89. The maximum absolute atomic E-state index is 9.41. The van der Waals surface area contributed by atoms with Crippen molar-refractivity contribution in [3.05, 3.63) is 24.3 Å². The molecule has 1 heterocycles. The third-order valence-corrected chi connectivity index (χ3v) is 5.90. The topological polar surface area (TPSA) is 48.3 Å². The third-order valence-electron chi connectivity index (χ3n) is 5.90. The SMILES string of the molecule is COc1ccc(N2CCN([C@@H]3/C(=N\O)[C@H]4CC[C@@H]3C4)CC2)cc1. The normalized spacial score (nSPS) is 32.7. The van der Waals surface area contributed by atoms with Crippen LogP contribution in [0.2, 0.25) is 0 Å². The minimum Gasteiger partial charge on any atom is -0.497 e. The molecule has 4 rings (SSSR count). The Labute approximate surface area is 137 Å². The third kappa shape index (κ3) is 2.57. The number of anilines is 1. The van der Waals surface area contributed by atoms with E-state index >= 15 is 0 Å². The average molecular weight is 315 g/mol. The second kappa shape index (κ2) is 6.04. The summed E-state index contributed by atoms with van der Waals surface area (Å²) in [6.45, 7) is 4.13. The van der Waals surface area contributed by atoms with Crippen LogP contribution in [0.1, 0.15) is 19.3 Å². The molecule has 0 radical (unpaired) electrons. The molecule has 5 heteroatoms. The van der Waals surface area contributed by atoms with Crippen LogP contribution in [0, 0.1) is 11.8 Å². The molecule has 0 aromatic heterocycles. The summed E-state index contributed by atoms with van der Waals surface area (Å²) in [5, 5.41) is 13.1. The minimum atomic E-state index is 0.386. The van der Waals surface area contributed by atoms with Gasteiger partial charge in [0.05, 0.1) is 18.9 Å². The summed E-state index contributed by atoms with van der Waals surface area (Å²) in [4.78, 5) is 4.97. The molecule has 1 N–H and O–H groups in total.